The monoisotopic (exact) mass is 407 g/mol. The second-order valence-corrected chi connectivity index (χ2v) is 9.67. The Morgan fingerprint density at radius 1 is 1.25 bits per heavy atom. The summed E-state index contributed by atoms with van der Waals surface area (Å²) < 4.78 is 27.3. The van der Waals surface area contributed by atoms with Crippen LogP contribution in [0, 0.1) is 5.92 Å². The van der Waals surface area contributed by atoms with E-state index in [1.165, 1.54) is 10.4 Å². The van der Waals surface area contributed by atoms with Crippen molar-refractivity contribution in [1.82, 2.24) is 14.5 Å². The first-order valence-corrected chi connectivity index (χ1v) is 11.5. The zero-order chi connectivity index (χ0) is 20.1. The molecular formula is C20H29N3O4S. The highest BCUT2D eigenvalue weighted by Gasteiger charge is 2.29. The average Bonchev–Trinajstić information content (AvgIpc) is 3.10. The molecule has 1 N–H and O–H groups in total. The van der Waals surface area contributed by atoms with E-state index in [1.54, 1.807) is 18.2 Å². The summed E-state index contributed by atoms with van der Waals surface area (Å²) in [7, 11) is -3.58. The molecule has 0 spiro atoms. The van der Waals surface area contributed by atoms with Gasteiger partial charge in [-0.3, -0.25) is 9.59 Å². The third-order valence-electron chi connectivity index (χ3n) is 5.42. The van der Waals surface area contributed by atoms with E-state index in [4.69, 9.17) is 0 Å². The highest BCUT2D eigenvalue weighted by molar-refractivity contribution is 7.89. The number of nitrogens with zero attached hydrogens (tertiary/aromatic N) is 2. The van der Waals surface area contributed by atoms with Crippen LogP contribution in [0.25, 0.3) is 0 Å². The summed E-state index contributed by atoms with van der Waals surface area (Å²) in [6, 6.07) is 6.23. The van der Waals surface area contributed by atoms with Crippen molar-refractivity contribution in [2.45, 2.75) is 43.9 Å². The SMILES string of the molecule is C[C@H]1CCCN(S(=O)(=O)c2cccc(C(=O)NCCCN3CCCC3=O)c2)C1. The highest BCUT2D eigenvalue weighted by Crippen LogP contribution is 2.24. The molecule has 2 saturated heterocycles. The lowest BCUT2D eigenvalue weighted by atomic mass is 10.0. The number of likely N-dealkylation sites (tertiary alicyclic amines) is 1. The molecule has 1 aromatic rings. The molecule has 2 aliphatic rings. The maximum atomic E-state index is 12.9. The van der Waals surface area contributed by atoms with E-state index < -0.39 is 10.0 Å². The van der Waals surface area contributed by atoms with Crippen molar-refractivity contribution in [2.75, 3.05) is 32.7 Å². The quantitative estimate of drug-likeness (QED) is 0.699. The summed E-state index contributed by atoms with van der Waals surface area (Å²) in [6.07, 6.45) is 4.10. The molecule has 8 heteroatoms. The molecule has 2 aliphatic heterocycles. The third-order valence-corrected chi connectivity index (χ3v) is 7.28. The normalized spacial score (nSPS) is 21.1. The fraction of sp³-hybridized carbons (Fsp3) is 0.600. The summed E-state index contributed by atoms with van der Waals surface area (Å²) in [5.74, 6) is 0.227. The van der Waals surface area contributed by atoms with Gasteiger partial charge in [-0.15, -0.1) is 0 Å². The zero-order valence-electron chi connectivity index (χ0n) is 16.4. The van der Waals surface area contributed by atoms with Gasteiger partial charge in [0.25, 0.3) is 5.91 Å². The van der Waals surface area contributed by atoms with Crippen molar-refractivity contribution >= 4 is 21.8 Å². The molecule has 3 rings (SSSR count). The van der Waals surface area contributed by atoms with Crippen molar-refractivity contribution < 1.29 is 18.0 Å². The molecule has 0 unspecified atom stereocenters. The molecule has 0 aliphatic carbocycles. The molecule has 7 nitrogen and oxygen atoms in total. The number of hydrogen-bond donors (Lipinski definition) is 1. The predicted molar refractivity (Wildman–Crippen MR) is 106 cm³/mol. The number of benzene rings is 1. The number of rotatable bonds is 7. The second kappa shape index (κ2) is 9.05. The van der Waals surface area contributed by atoms with E-state index in [0.29, 0.717) is 50.5 Å². The van der Waals surface area contributed by atoms with Gasteiger partial charge < -0.3 is 10.2 Å². The van der Waals surface area contributed by atoms with Gasteiger partial charge in [0, 0.05) is 44.7 Å². The van der Waals surface area contributed by atoms with Gasteiger partial charge in [0.05, 0.1) is 4.90 Å². The van der Waals surface area contributed by atoms with Crippen molar-refractivity contribution in [3.05, 3.63) is 29.8 Å². The number of carbonyl (C=O) groups is 2. The lowest BCUT2D eigenvalue weighted by Gasteiger charge is -2.30. The van der Waals surface area contributed by atoms with Gasteiger partial charge in [0.2, 0.25) is 15.9 Å². The Balaban J connectivity index is 1.57. The summed E-state index contributed by atoms with van der Waals surface area (Å²) >= 11 is 0. The molecule has 2 heterocycles. The van der Waals surface area contributed by atoms with E-state index in [9.17, 15) is 18.0 Å². The van der Waals surface area contributed by atoms with Crippen LogP contribution in [0.4, 0.5) is 0 Å². The maximum Gasteiger partial charge on any atom is 0.251 e. The average molecular weight is 408 g/mol. The molecule has 0 aromatic heterocycles. The van der Waals surface area contributed by atoms with Gasteiger partial charge >= 0.3 is 0 Å². The first-order valence-electron chi connectivity index (χ1n) is 10.0. The molecule has 154 valence electrons. The fourth-order valence-corrected chi connectivity index (χ4v) is 5.47. The molecule has 1 aromatic carbocycles. The van der Waals surface area contributed by atoms with Gasteiger partial charge in [-0.25, -0.2) is 8.42 Å². The van der Waals surface area contributed by atoms with Crippen LogP contribution in [-0.4, -0.2) is 62.2 Å². The van der Waals surface area contributed by atoms with Crippen LogP contribution >= 0.6 is 0 Å². The Morgan fingerprint density at radius 3 is 2.79 bits per heavy atom. The fourth-order valence-electron chi connectivity index (χ4n) is 3.83. The molecule has 0 radical (unpaired) electrons. The van der Waals surface area contributed by atoms with Crippen molar-refractivity contribution in [2.24, 2.45) is 5.92 Å². The lowest BCUT2D eigenvalue weighted by molar-refractivity contribution is -0.127. The van der Waals surface area contributed by atoms with Gasteiger partial charge in [-0.2, -0.15) is 4.31 Å². The third kappa shape index (κ3) is 4.91. The van der Waals surface area contributed by atoms with Gasteiger partial charge in [0.15, 0.2) is 0 Å². The van der Waals surface area contributed by atoms with Gasteiger partial charge in [-0.1, -0.05) is 13.0 Å². The smallest absolute Gasteiger partial charge is 0.251 e. The number of carbonyl (C=O) groups excluding carboxylic acids is 2. The summed E-state index contributed by atoms with van der Waals surface area (Å²) in [5, 5.41) is 2.82. The standard InChI is InChI=1S/C20H29N3O4S/c1-16-6-3-13-23(15-16)28(26,27)18-8-2-7-17(14-18)20(25)21-10-5-12-22-11-4-9-19(22)24/h2,7-8,14,16H,3-6,9-13,15H2,1H3,(H,21,25)/t16-/m0/s1. The molecule has 28 heavy (non-hydrogen) atoms. The van der Waals surface area contributed by atoms with Crippen LogP contribution in [-0.2, 0) is 14.8 Å². The van der Waals surface area contributed by atoms with Crippen LogP contribution in [0.5, 0.6) is 0 Å². The van der Waals surface area contributed by atoms with E-state index in [0.717, 1.165) is 25.8 Å². The van der Waals surface area contributed by atoms with Gasteiger partial charge in [-0.05, 0) is 49.8 Å². The minimum Gasteiger partial charge on any atom is -0.352 e. The van der Waals surface area contributed by atoms with E-state index in [2.05, 4.69) is 12.2 Å². The molecule has 0 saturated carbocycles. The molecule has 1 atom stereocenters. The number of nitrogens with one attached hydrogen (secondary N) is 1. The first kappa shape index (κ1) is 20.8. The van der Waals surface area contributed by atoms with E-state index >= 15 is 0 Å². The van der Waals surface area contributed by atoms with E-state index in [1.807, 2.05) is 4.90 Å². The molecule has 2 fully saturated rings. The lowest BCUT2D eigenvalue weighted by Crippen LogP contribution is -2.39. The number of hydrogen-bond acceptors (Lipinski definition) is 4. The Morgan fingerprint density at radius 2 is 2.07 bits per heavy atom. The Hall–Kier alpha value is -1.93. The van der Waals surface area contributed by atoms with Crippen molar-refractivity contribution in [3.63, 3.8) is 0 Å². The van der Waals surface area contributed by atoms with Gasteiger partial charge in [0.1, 0.15) is 0 Å². The van der Waals surface area contributed by atoms with Crippen LogP contribution < -0.4 is 5.32 Å². The molecule has 2 amide bonds. The first-order chi connectivity index (χ1) is 13.4. The number of sulfonamides is 1. The minimum absolute atomic E-state index is 0.164. The Bertz CT molecular complexity index is 824. The summed E-state index contributed by atoms with van der Waals surface area (Å²) in [5.41, 5.74) is 0.336. The second-order valence-electron chi connectivity index (χ2n) is 7.73. The van der Waals surface area contributed by atoms with Crippen molar-refractivity contribution in [3.8, 4) is 0 Å². The minimum atomic E-state index is -3.58. The highest BCUT2D eigenvalue weighted by atomic mass is 32.2. The van der Waals surface area contributed by atoms with Crippen LogP contribution in [0.3, 0.4) is 0 Å². The predicted octanol–water partition coefficient (Wildman–Crippen LogP) is 1.85. The Labute approximate surface area is 167 Å². The Kier molecular flexibility index (Phi) is 6.72. The largest absolute Gasteiger partial charge is 0.352 e. The summed E-state index contributed by atoms with van der Waals surface area (Å²) in [6.45, 7) is 4.99. The van der Waals surface area contributed by atoms with E-state index in [-0.39, 0.29) is 16.7 Å². The number of piperidine rings is 1. The molecular weight excluding hydrogens is 378 g/mol. The zero-order valence-corrected chi connectivity index (χ0v) is 17.2. The van der Waals surface area contributed by atoms with Crippen molar-refractivity contribution in [1.29, 1.82) is 0 Å². The number of amides is 2. The molecule has 0 bridgehead atoms. The maximum absolute atomic E-state index is 12.9. The van der Waals surface area contributed by atoms with Crippen LogP contribution in [0.15, 0.2) is 29.2 Å². The van der Waals surface area contributed by atoms with Crippen LogP contribution in [0.2, 0.25) is 0 Å². The summed E-state index contributed by atoms with van der Waals surface area (Å²) in [4.78, 5) is 26.0. The van der Waals surface area contributed by atoms with Crippen LogP contribution in [0.1, 0.15) is 49.4 Å². The topological polar surface area (TPSA) is 86.8 Å².